The Morgan fingerprint density at radius 2 is 1.63 bits per heavy atom. The maximum absolute atomic E-state index is 16.3. The summed E-state index contributed by atoms with van der Waals surface area (Å²) in [6.07, 6.45) is 1.35. The van der Waals surface area contributed by atoms with Gasteiger partial charge in [0.2, 0.25) is 23.6 Å². The van der Waals surface area contributed by atoms with Crippen LogP contribution in [0, 0.1) is 29.2 Å². The van der Waals surface area contributed by atoms with Crippen LogP contribution in [0.25, 0.3) is 11.3 Å². The molecule has 2 aliphatic rings. The summed E-state index contributed by atoms with van der Waals surface area (Å²) in [5, 5.41) is 16.4. The van der Waals surface area contributed by atoms with E-state index in [4.69, 9.17) is 27.9 Å². The van der Waals surface area contributed by atoms with Gasteiger partial charge in [-0.1, -0.05) is 41.4 Å². The number of hydrogen-bond donors (Lipinski definition) is 3. The van der Waals surface area contributed by atoms with Crippen molar-refractivity contribution in [2.75, 3.05) is 33.8 Å². The summed E-state index contributed by atoms with van der Waals surface area (Å²) in [4.78, 5) is 66.9. The highest BCUT2D eigenvalue weighted by molar-refractivity contribution is 6.31. The normalized spacial score (nSPS) is 20.6. The van der Waals surface area contributed by atoms with E-state index in [0.29, 0.717) is 30.5 Å². The highest BCUT2D eigenvalue weighted by atomic mass is 35.5. The smallest absolute Gasteiger partial charge is 0.245 e. The second-order valence-corrected chi connectivity index (χ2v) is 18.5. The number of aliphatic hydroxyl groups excluding tert-OH is 1. The van der Waals surface area contributed by atoms with Gasteiger partial charge in [-0.25, -0.2) is 22.5 Å². The number of hydrogen-bond acceptors (Lipinski definition) is 8. The van der Waals surface area contributed by atoms with Crippen LogP contribution in [-0.2, 0) is 52.2 Å². The van der Waals surface area contributed by atoms with Crippen LogP contribution in [-0.4, -0.2) is 104 Å². The number of aliphatic hydroxyl groups is 1. The molecule has 4 aromatic carbocycles. The van der Waals surface area contributed by atoms with Crippen LogP contribution in [0.3, 0.4) is 0 Å². The van der Waals surface area contributed by atoms with Gasteiger partial charge >= 0.3 is 0 Å². The molecule has 4 atom stereocenters. The van der Waals surface area contributed by atoms with E-state index in [1.807, 2.05) is 30.6 Å². The SMILES string of the molecule is C[C@H]1C(=O)N[C@@H](CO)C(=O)N[C@@]2(Cc3ccc(Cl)cc3)CCCN(C2)C(=O)[C@H](Cc2ccc(F)c(F)c2F)CC(=O)N1Cc1c(F)cc(Cl)cc1Oc1ccc(-c2cnc(CN(C)C)n2C)cc1. The third-order valence-electron chi connectivity index (χ3n) is 12.4. The van der Waals surface area contributed by atoms with Crippen molar-refractivity contribution in [3.8, 4) is 22.8 Å². The number of halogens is 6. The van der Waals surface area contributed by atoms with Gasteiger partial charge in [-0.2, -0.15) is 0 Å². The molecule has 0 spiro atoms. The second-order valence-electron chi connectivity index (χ2n) is 17.7. The number of amides is 4. The van der Waals surface area contributed by atoms with Gasteiger partial charge in [-0.15, -0.1) is 0 Å². The Kier molecular flexibility index (Phi) is 15.5. The first-order valence-electron chi connectivity index (χ1n) is 21.9. The van der Waals surface area contributed by atoms with Crippen molar-refractivity contribution in [1.82, 2.24) is 34.9 Å². The molecule has 5 aromatic rings. The fourth-order valence-corrected chi connectivity index (χ4v) is 9.13. The standard InChI is InChI=1S/C49H51Cl2F4N7O6/c1-28-46(65)57-39(26-63)47(66)58-49(22-29-6-11-33(50)12-7-29)16-5-17-61(27-49)48(67)32(18-31-10-15-37(52)45(55)44(31)54)19-43(64)62(28)24-36-38(53)20-34(51)21-41(36)68-35-13-8-30(9-14-35)40-23-56-42(60(40)4)25-59(2)3/h6-15,20-21,23,28,32,39,63H,5,16-19,22,24-27H2,1-4H3,(H,57,65)(H,58,66)/t28-,32+,39-,49+/m0/s1. The Hall–Kier alpha value is -6.01. The number of rotatable bonds is 12. The van der Waals surface area contributed by atoms with Gasteiger partial charge < -0.3 is 39.7 Å². The number of nitrogens with zero attached hydrogens (tertiary/aromatic N) is 5. The Labute approximate surface area is 401 Å². The van der Waals surface area contributed by atoms with Gasteiger partial charge in [0, 0.05) is 47.7 Å². The summed E-state index contributed by atoms with van der Waals surface area (Å²) >= 11 is 12.5. The average molecular weight is 981 g/mol. The Morgan fingerprint density at radius 1 is 0.912 bits per heavy atom. The first-order chi connectivity index (χ1) is 32.3. The molecule has 7 rings (SSSR count). The van der Waals surface area contributed by atoms with Crippen LogP contribution >= 0.6 is 23.2 Å². The highest BCUT2D eigenvalue weighted by Crippen LogP contribution is 2.35. The van der Waals surface area contributed by atoms with Crippen molar-refractivity contribution in [2.24, 2.45) is 13.0 Å². The largest absolute Gasteiger partial charge is 0.457 e. The summed E-state index contributed by atoms with van der Waals surface area (Å²) in [7, 11) is 5.78. The molecular weight excluding hydrogens is 929 g/mol. The van der Waals surface area contributed by atoms with Gasteiger partial charge in [-0.05, 0) is 112 Å². The topological polar surface area (TPSA) is 149 Å². The van der Waals surface area contributed by atoms with E-state index in [1.54, 1.807) is 54.7 Å². The van der Waals surface area contributed by atoms with Crippen LogP contribution in [0.1, 0.15) is 48.7 Å². The zero-order chi connectivity index (χ0) is 49.0. The predicted octanol–water partition coefficient (Wildman–Crippen LogP) is 6.98. The molecular formula is C49H51Cl2F4N7O6. The number of carbonyl (C=O) groups excluding carboxylic acids is 4. The van der Waals surface area contributed by atoms with Gasteiger partial charge in [0.1, 0.15) is 35.2 Å². The lowest BCUT2D eigenvalue weighted by molar-refractivity contribution is -0.147. The minimum absolute atomic E-state index is 0.0519. The second kappa shape index (κ2) is 21.1. The van der Waals surface area contributed by atoms with Crippen molar-refractivity contribution in [1.29, 1.82) is 0 Å². The fraction of sp³-hybridized carbons (Fsp3) is 0.367. The molecule has 1 aromatic heterocycles. The van der Waals surface area contributed by atoms with Crippen molar-refractivity contribution >= 4 is 46.8 Å². The fourth-order valence-electron chi connectivity index (χ4n) is 8.80. The molecule has 0 unspecified atom stereocenters. The third kappa shape index (κ3) is 11.3. The number of carbonyl (C=O) groups is 4. The van der Waals surface area contributed by atoms with E-state index in [2.05, 4.69) is 15.6 Å². The van der Waals surface area contributed by atoms with Crippen molar-refractivity contribution in [3.05, 3.63) is 135 Å². The van der Waals surface area contributed by atoms with E-state index < -0.39 is 96.4 Å². The van der Waals surface area contributed by atoms with Crippen molar-refractivity contribution < 1.29 is 46.6 Å². The predicted molar refractivity (Wildman–Crippen MR) is 247 cm³/mol. The van der Waals surface area contributed by atoms with E-state index in [9.17, 15) is 33.1 Å². The summed E-state index contributed by atoms with van der Waals surface area (Å²) in [5.74, 6) is -9.39. The van der Waals surface area contributed by atoms with Crippen LogP contribution in [0.2, 0.25) is 10.0 Å². The number of nitrogens with one attached hydrogen (secondary N) is 2. The van der Waals surface area contributed by atoms with Crippen LogP contribution in [0.5, 0.6) is 11.5 Å². The van der Waals surface area contributed by atoms with E-state index in [-0.39, 0.29) is 47.2 Å². The molecule has 2 bridgehead atoms. The first kappa shape index (κ1) is 49.9. The molecule has 13 nitrogen and oxygen atoms in total. The van der Waals surface area contributed by atoms with Crippen LogP contribution in [0.4, 0.5) is 17.6 Å². The summed E-state index contributed by atoms with van der Waals surface area (Å²) in [6.45, 7) is 0.464. The number of ether oxygens (including phenoxy) is 1. The zero-order valence-corrected chi connectivity index (χ0v) is 39.3. The Balaban J connectivity index is 1.25. The molecule has 0 aliphatic carbocycles. The minimum atomic E-state index is -1.76. The number of aromatic nitrogens is 2. The summed E-state index contributed by atoms with van der Waals surface area (Å²) < 4.78 is 68.6. The highest BCUT2D eigenvalue weighted by Gasteiger charge is 2.43. The van der Waals surface area contributed by atoms with E-state index >= 15 is 8.78 Å². The number of fused-ring (bicyclic) bond motifs is 2. The van der Waals surface area contributed by atoms with Crippen LogP contribution in [0.15, 0.2) is 79.0 Å². The number of imidazole rings is 1. The third-order valence-corrected chi connectivity index (χ3v) is 12.9. The summed E-state index contributed by atoms with van der Waals surface area (Å²) in [6, 6.07) is 14.7. The Morgan fingerprint density at radius 3 is 2.32 bits per heavy atom. The molecule has 2 fully saturated rings. The molecule has 68 heavy (non-hydrogen) atoms. The van der Waals surface area contributed by atoms with E-state index in [1.165, 1.54) is 17.9 Å². The Bertz CT molecular complexity index is 2690. The zero-order valence-electron chi connectivity index (χ0n) is 37.8. The molecule has 0 saturated carbocycles. The van der Waals surface area contributed by atoms with Crippen LogP contribution < -0.4 is 15.4 Å². The van der Waals surface area contributed by atoms with E-state index in [0.717, 1.165) is 39.7 Å². The van der Waals surface area contributed by atoms with Gasteiger partial charge in [0.15, 0.2) is 17.5 Å². The maximum atomic E-state index is 16.3. The molecule has 19 heteroatoms. The molecule has 4 amide bonds. The van der Waals surface area contributed by atoms with Gasteiger partial charge in [0.05, 0.1) is 43.0 Å². The number of piperidine rings is 1. The maximum Gasteiger partial charge on any atom is 0.245 e. The summed E-state index contributed by atoms with van der Waals surface area (Å²) in [5.41, 5.74) is 0.602. The first-order valence-corrected chi connectivity index (χ1v) is 22.7. The quantitative estimate of drug-likeness (QED) is 0.0897. The lowest BCUT2D eigenvalue weighted by Gasteiger charge is -2.45. The molecule has 3 heterocycles. The van der Waals surface area contributed by atoms with Gasteiger partial charge in [-0.3, -0.25) is 19.2 Å². The lowest BCUT2D eigenvalue weighted by Crippen LogP contribution is -2.65. The lowest BCUT2D eigenvalue weighted by atomic mass is 9.81. The average Bonchev–Trinajstić information content (AvgIpc) is 3.65. The molecule has 360 valence electrons. The molecule has 2 saturated heterocycles. The van der Waals surface area contributed by atoms with Crippen molar-refractivity contribution in [2.45, 2.75) is 69.7 Å². The number of benzene rings is 4. The molecule has 2 aliphatic heterocycles. The minimum Gasteiger partial charge on any atom is -0.457 e. The van der Waals surface area contributed by atoms with Gasteiger partial charge in [0.25, 0.3) is 0 Å². The molecule has 3 N–H and O–H groups in total. The molecule has 0 radical (unpaired) electrons. The van der Waals surface area contributed by atoms with Crippen molar-refractivity contribution in [3.63, 3.8) is 0 Å². The monoisotopic (exact) mass is 979 g/mol.